The van der Waals surface area contributed by atoms with Crippen LogP contribution in [-0.4, -0.2) is 25.5 Å². The molecule has 0 bridgehead atoms. The molecule has 1 N–H and O–H groups in total. The molecule has 3 rings (SSSR count). The number of nitrogens with one attached hydrogen (secondary N) is 1. The Labute approximate surface area is 148 Å². The van der Waals surface area contributed by atoms with Crippen molar-refractivity contribution in [3.63, 3.8) is 0 Å². The lowest BCUT2D eigenvalue weighted by Crippen LogP contribution is -2.15. The van der Waals surface area contributed by atoms with Crippen molar-refractivity contribution in [1.29, 1.82) is 0 Å². The summed E-state index contributed by atoms with van der Waals surface area (Å²) < 4.78 is 1.62. The third-order valence-electron chi connectivity index (χ3n) is 3.55. The summed E-state index contributed by atoms with van der Waals surface area (Å²) in [7, 11) is 0. The Morgan fingerprint density at radius 2 is 1.79 bits per heavy atom. The molecule has 0 spiro atoms. The van der Waals surface area contributed by atoms with E-state index in [0.29, 0.717) is 27.3 Å². The monoisotopic (exact) mass is 363 g/mol. The summed E-state index contributed by atoms with van der Waals surface area (Å²) in [5, 5.41) is 8.06. The first-order valence-electron chi connectivity index (χ1n) is 7.29. The fourth-order valence-electron chi connectivity index (χ4n) is 2.35. The Morgan fingerprint density at radius 1 is 1.12 bits per heavy atom. The van der Waals surface area contributed by atoms with Gasteiger partial charge in [-0.15, -0.1) is 5.10 Å². The second-order valence-corrected chi connectivity index (χ2v) is 6.38. The standard InChI is InChI=1S/C16H15Cl2N5O/c1-8-4-9(2)23-16(19-8)21-14(22-23)7-15(24)20-11-5-12(17)10(3)13(18)6-11/h4-6H,7H2,1-3H3,(H,20,24). The highest BCUT2D eigenvalue weighted by Crippen LogP contribution is 2.28. The number of carbonyl (C=O) groups excluding carboxylic acids is 1. The number of fused-ring (bicyclic) bond motifs is 1. The van der Waals surface area contributed by atoms with Crippen molar-refractivity contribution >= 4 is 40.6 Å². The summed E-state index contributed by atoms with van der Waals surface area (Å²) in [6.07, 6.45) is 0.0327. The summed E-state index contributed by atoms with van der Waals surface area (Å²) in [6.45, 7) is 5.61. The second kappa shape index (κ2) is 6.37. The number of hydrogen-bond acceptors (Lipinski definition) is 4. The number of rotatable bonds is 3. The van der Waals surface area contributed by atoms with Crippen molar-refractivity contribution in [1.82, 2.24) is 19.6 Å². The molecule has 2 heterocycles. The first kappa shape index (κ1) is 16.7. The first-order chi connectivity index (χ1) is 11.3. The predicted octanol–water partition coefficient (Wildman–Crippen LogP) is 3.54. The van der Waals surface area contributed by atoms with E-state index in [1.807, 2.05) is 26.8 Å². The zero-order valence-electron chi connectivity index (χ0n) is 13.4. The Kier molecular flexibility index (Phi) is 4.43. The number of aryl methyl sites for hydroxylation is 2. The van der Waals surface area contributed by atoms with Crippen LogP contribution in [0.3, 0.4) is 0 Å². The fourth-order valence-corrected chi connectivity index (χ4v) is 2.84. The van der Waals surface area contributed by atoms with E-state index in [-0.39, 0.29) is 12.3 Å². The molecule has 0 unspecified atom stereocenters. The van der Waals surface area contributed by atoms with Gasteiger partial charge in [-0.1, -0.05) is 23.2 Å². The third kappa shape index (κ3) is 3.34. The highest BCUT2D eigenvalue weighted by molar-refractivity contribution is 6.36. The molecule has 0 aliphatic carbocycles. The van der Waals surface area contributed by atoms with Crippen LogP contribution in [0.25, 0.3) is 5.78 Å². The summed E-state index contributed by atoms with van der Waals surface area (Å²) in [6, 6.07) is 5.22. The third-order valence-corrected chi connectivity index (χ3v) is 4.33. The minimum atomic E-state index is -0.253. The van der Waals surface area contributed by atoms with E-state index < -0.39 is 0 Å². The zero-order valence-corrected chi connectivity index (χ0v) is 14.9. The minimum Gasteiger partial charge on any atom is -0.326 e. The lowest BCUT2D eigenvalue weighted by atomic mass is 10.2. The molecule has 0 aliphatic heterocycles. The van der Waals surface area contributed by atoms with Crippen LogP contribution in [0.4, 0.5) is 5.69 Å². The number of amides is 1. The lowest BCUT2D eigenvalue weighted by molar-refractivity contribution is -0.115. The van der Waals surface area contributed by atoms with E-state index >= 15 is 0 Å². The number of hydrogen-bond donors (Lipinski definition) is 1. The van der Waals surface area contributed by atoms with Crippen LogP contribution in [0.5, 0.6) is 0 Å². The van der Waals surface area contributed by atoms with Crippen molar-refractivity contribution in [2.45, 2.75) is 27.2 Å². The van der Waals surface area contributed by atoms with Crippen molar-refractivity contribution < 1.29 is 4.79 Å². The molecule has 24 heavy (non-hydrogen) atoms. The maximum Gasteiger partial charge on any atom is 0.252 e. The lowest BCUT2D eigenvalue weighted by Gasteiger charge is -2.07. The molecule has 6 nitrogen and oxygen atoms in total. The van der Waals surface area contributed by atoms with E-state index in [0.717, 1.165) is 17.0 Å². The van der Waals surface area contributed by atoms with Crippen molar-refractivity contribution in [3.05, 3.63) is 51.0 Å². The maximum absolute atomic E-state index is 12.2. The minimum absolute atomic E-state index is 0.0327. The largest absolute Gasteiger partial charge is 0.326 e. The van der Waals surface area contributed by atoms with Crippen LogP contribution in [0.15, 0.2) is 18.2 Å². The van der Waals surface area contributed by atoms with Gasteiger partial charge in [-0.25, -0.2) is 9.50 Å². The number of carbonyl (C=O) groups is 1. The van der Waals surface area contributed by atoms with E-state index in [1.165, 1.54) is 0 Å². The number of halogens is 2. The summed E-state index contributed by atoms with van der Waals surface area (Å²) in [5.41, 5.74) is 3.07. The van der Waals surface area contributed by atoms with E-state index in [1.54, 1.807) is 16.6 Å². The van der Waals surface area contributed by atoms with E-state index in [9.17, 15) is 4.79 Å². The molecule has 3 aromatic rings. The molecule has 0 saturated heterocycles. The van der Waals surface area contributed by atoms with Gasteiger partial charge in [0.2, 0.25) is 5.91 Å². The van der Waals surface area contributed by atoms with Gasteiger partial charge in [-0.05, 0) is 44.5 Å². The highest BCUT2D eigenvalue weighted by atomic mass is 35.5. The van der Waals surface area contributed by atoms with Gasteiger partial charge in [0.05, 0.1) is 6.42 Å². The number of benzene rings is 1. The Hall–Kier alpha value is -2.18. The van der Waals surface area contributed by atoms with Crippen LogP contribution in [-0.2, 0) is 11.2 Å². The Bertz CT molecular complexity index is 928. The van der Waals surface area contributed by atoms with Crippen LogP contribution in [0.2, 0.25) is 10.0 Å². The van der Waals surface area contributed by atoms with Gasteiger partial charge in [0.25, 0.3) is 5.78 Å². The molecule has 0 aliphatic rings. The molecule has 0 atom stereocenters. The summed E-state index contributed by atoms with van der Waals surface area (Å²) in [5.74, 6) is 0.631. The van der Waals surface area contributed by atoms with Crippen molar-refractivity contribution in [2.24, 2.45) is 0 Å². The highest BCUT2D eigenvalue weighted by Gasteiger charge is 2.13. The average Bonchev–Trinajstić information content (AvgIpc) is 2.87. The van der Waals surface area contributed by atoms with Gasteiger partial charge in [0.15, 0.2) is 5.82 Å². The van der Waals surface area contributed by atoms with Gasteiger partial charge in [-0.2, -0.15) is 4.98 Å². The molecular formula is C16H15Cl2N5O. The smallest absolute Gasteiger partial charge is 0.252 e. The molecule has 0 fully saturated rings. The molecule has 2 aromatic heterocycles. The van der Waals surface area contributed by atoms with Gasteiger partial charge < -0.3 is 5.32 Å². The fraction of sp³-hybridized carbons (Fsp3) is 0.250. The number of anilines is 1. The van der Waals surface area contributed by atoms with E-state index in [4.69, 9.17) is 23.2 Å². The maximum atomic E-state index is 12.2. The zero-order chi connectivity index (χ0) is 17.4. The summed E-state index contributed by atoms with van der Waals surface area (Å²) >= 11 is 12.2. The van der Waals surface area contributed by atoms with Crippen LogP contribution < -0.4 is 5.32 Å². The molecule has 8 heteroatoms. The van der Waals surface area contributed by atoms with Crippen LogP contribution in [0.1, 0.15) is 22.8 Å². The van der Waals surface area contributed by atoms with E-state index in [2.05, 4.69) is 20.4 Å². The van der Waals surface area contributed by atoms with Gasteiger partial charge in [-0.3, -0.25) is 4.79 Å². The number of aromatic nitrogens is 4. The molecule has 1 aromatic carbocycles. The Morgan fingerprint density at radius 3 is 2.46 bits per heavy atom. The number of nitrogens with zero attached hydrogens (tertiary/aromatic N) is 4. The first-order valence-corrected chi connectivity index (χ1v) is 8.04. The van der Waals surface area contributed by atoms with Crippen molar-refractivity contribution in [2.75, 3.05) is 5.32 Å². The quantitative estimate of drug-likeness (QED) is 0.772. The SMILES string of the molecule is Cc1cc(C)n2nc(CC(=O)Nc3cc(Cl)c(C)c(Cl)c3)nc2n1. The summed E-state index contributed by atoms with van der Waals surface area (Å²) in [4.78, 5) is 20.8. The second-order valence-electron chi connectivity index (χ2n) is 5.57. The predicted molar refractivity (Wildman–Crippen MR) is 93.8 cm³/mol. The Balaban J connectivity index is 1.79. The average molecular weight is 364 g/mol. The van der Waals surface area contributed by atoms with Gasteiger partial charge >= 0.3 is 0 Å². The topological polar surface area (TPSA) is 72.2 Å². The van der Waals surface area contributed by atoms with Crippen molar-refractivity contribution in [3.8, 4) is 0 Å². The molecule has 0 saturated carbocycles. The molecule has 124 valence electrons. The van der Waals surface area contributed by atoms with Crippen LogP contribution >= 0.6 is 23.2 Å². The molecule has 0 radical (unpaired) electrons. The normalized spacial score (nSPS) is 11.0. The van der Waals surface area contributed by atoms with Gasteiger partial charge in [0, 0.05) is 27.1 Å². The van der Waals surface area contributed by atoms with Crippen LogP contribution in [0, 0.1) is 20.8 Å². The van der Waals surface area contributed by atoms with Gasteiger partial charge in [0.1, 0.15) is 0 Å². The molecule has 1 amide bonds. The molecular weight excluding hydrogens is 349 g/mol.